The minimum Gasteiger partial charge on any atom is -0.493 e. The molecule has 0 radical (unpaired) electrons. The molecule has 1 aliphatic carbocycles. The average molecular weight is 423 g/mol. The van der Waals surface area contributed by atoms with Crippen LogP contribution in [0.3, 0.4) is 0 Å². The number of alkyl halides is 2. The van der Waals surface area contributed by atoms with E-state index in [0.717, 1.165) is 5.56 Å². The van der Waals surface area contributed by atoms with E-state index in [1.807, 2.05) is 20.8 Å². The van der Waals surface area contributed by atoms with E-state index in [-0.39, 0.29) is 35.9 Å². The van der Waals surface area contributed by atoms with Gasteiger partial charge in [0.1, 0.15) is 5.54 Å². The van der Waals surface area contributed by atoms with Gasteiger partial charge in [0.25, 0.3) is 0 Å². The van der Waals surface area contributed by atoms with Crippen molar-refractivity contribution in [3.8, 4) is 11.5 Å². The zero-order chi connectivity index (χ0) is 20.2. The number of nitrogens with one attached hydrogen (secondary N) is 1. The Bertz CT molecular complexity index is 675. The Morgan fingerprint density at radius 2 is 2.04 bits per heavy atom. The van der Waals surface area contributed by atoms with Crippen molar-refractivity contribution in [2.24, 2.45) is 11.1 Å². The van der Waals surface area contributed by atoms with Crippen LogP contribution < -0.4 is 20.5 Å². The summed E-state index contributed by atoms with van der Waals surface area (Å²) < 4.78 is 40.1. The topological polar surface area (TPSA) is 82.8 Å². The predicted octanol–water partition coefficient (Wildman–Crippen LogP) is 2.91. The lowest BCUT2D eigenvalue weighted by molar-refractivity contribution is -0.170. The van der Waals surface area contributed by atoms with Gasteiger partial charge in [0.2, 0.25) is 5.91 Å². The first kappa shape index (κ1) is 24.4. The van der Waals surface area contributed by atoms with Gasteiger partial charge in [0.05, 0.1) is 13.2 Å². The van der Waals surface area contributed by atoms with Gasteiger partial charge in [0.15, 0.2) is 11.5 Å². The van der Waals surface area contributed by atoms with Crippen molar-refractivity contribution in [1.29, 1.82) is 0 Å². The third kappa shape index (κ3) is 4.85. The molecule has 1 fully saturated rings. The molecule has 1 saturated carbocycles. The standard InChI is InChI=1S/C19H28F2N2O4.ClH/c1-5-26-15-11-19(22,18(15,2)3)16(24)23-9-8-12-6-7-13(25-4)14(10-12)27-17(20)21;/h6-7,10,15,17H,5,8-9,11,22H2,1-4H3,(H,23,24);1H. The molecule has 3 N–H and O–H groups in total. The molecule has 2 atom stereocenters. The van der Waals surface area contributed by atoms with E-state index < -0.39 is 17.6 Å². The molecule has 0 aliphatic heterocycles. The summed E-state index contributed by atoms with van der Waals surface area (Å²) in [6.07, 6.45) is 0.865. The van der Waals surface area contributed by atoms with Crippen LogP contribution in [0.1, 0.15) is 32.8 Å². The van der Waals surface area contributed by atoms with E-state index in [1.165, 1.54) is 13.2 Å². The highest BCUT2D eigenvalue weighted by molar-refractivity contribution is 5.88. The number of amides is 1. The highest BCUT2D eigenvalue weighted by Crippen LogP contribution is 2.49. The zero-order valence-corrected chi connectivity index (χ0v) is 17.4. The first-order valence-corrected chi connectivity index (χ1v) is 8.96. The van der Waals surface area contributed by atoms with Crippen LogP contribution in [-0.2, 0) is 16.0 Å². The Balaban J connectivity index is 0.00000392. The summed E-state index contributed by atoms with van der Waals surface area (Å²) in [5.41, 5.74) is 5.61. The molecule has 1 aromatic carbocycles. The third-order valence-corrected chi connectivity index (χ3v) is 5.38. The number of ether oxygens (including phenoxy) is 3. The molecule has 160 valence electrons. The van der Waals surface area contributed by atoms with E-state index in [2.05, 4.69) is 10.1 Å². The van der Waals surface area contributed by atoms with Gasteiger partial charge in [-0.1, -0.05) is 19.9 Å². The first-order valence-electron chi connectivity index (χ1n) is 8.96. The Morgan fingerprint density at radius 3 is 2.57 bits per heavy atom. The number of carbonyl (C=O) groups is 1. The van der Waals surface area contributed by atoms with E-state index in [4.69, 9.17) is 15.2 Å². The molecule has 0 spiro atoms. The van der Waals surface area contributed by atoms with E-state index in [9.17, 15) is 13.6 Å². The molecule has 0 aromatic heterocycles. The lowest BCUT2D eigenvalue weighted by Gasteiger charge is -2.57. The van der Waals surface area contributed by atoms with Crippen molar-refractivity contribution in [2.45, 2.75) is 51.9 Å². The molecule has 1 aliphatic rings. The molecule has 6 nitrogen and oxygen atoms in total. The highest BCUT2D eigenvalue weighted by atomic mass is 35.5. The summed E-state index contributed by atoms with van der Waals surface area (Å²) in [4.78, 5) is 12.6. The van der Waals surface area contributed by atoms with Crippen LogP contribution in [0.25, 0.3) is 0 Å². The molecule has 0 saturated heterocycles. The molecule has 1 aromatic rings. The van der Waals surface area contributed by atoms with Crippen molar-refractivity contribution in [2.75, 3.05) is 20.3 Å². The second-order valence-electron chi connectivity index (χ2n) is 7.21. The minimum atomic E-state index is -2.94. The number of hydrogen-bond acceptors (Lipinski definition) is 5. The van der Waals surface area contributed by atoms with Crippen LogP contribution in [-0.4, -0.2) is 44.4 Å². The summed E-state index contributed by atoms with van der Waals surface area (Å²) in [6, 6.07) is 4.77. The molecular weight excluding hydrogens is 394 g/mol. The Labute approximate surface area is 170 Å². The fourth-order valence-electron chi connectivity index (χ4n) is 3.36. The molecule has 2 unspecified atom stereocenters. The van der Waals surface area contributed by atoms with Gasteiger partial charge in [-0.25, -0.2) is 0 Å². The predicted molar refractivity (Wildman–Crippen MR) is 104 cm³/mol. The lowest BCUT2D eigenvalue weighted by atomic mass is 9.54. The van der Waals surface area contributed by atoms with Gasteiger partial charge < -0.3 is 25.3 Å². The summed E-state index contributed by atoms with van der Waals surface area (Å²) in [5.74, 6) is -0.0468. The van der Waals surface area contributed by atoms with Crippen molar-refractivity contribution in [3.63, 3.8) is 0 Å². The maximum atomic E-state index is 12.6. The molecule has 1 amide bonds. The second kappa shape index (κ2) is 9.71. The Kier molecular flexibility index (Phi) is 8.46. The monoisotopic (exact) mass is 422 g/mol. The summed E-state index contributed by atoms with van der Waals surface area (Å²) >= 11 is 0. The SMILES string of the molecule is CCOC1CC(N)(C(=O)NCCc2ccc(OC)c(OC(F)F)c2)C1(C)C.Cl. The fraction of sp³-hybridized carbons (Fsp3) is 0.632. The molecule has 0 bridgehead atoms. The molecular formula is C19H29ClF2N2O4. The number of halogens is 3. The van der Waals surface area contributed by atoms with E-state index in [1.54, 1.807) is 12.1 Å². The highest BCUT2D eigenvalue weighted by Gasteiger charge is 2.62. The number of methoxy groups -OCH3 is 1. The lowest BCUT2D eigenvalue weighted by Crippen LogP contribution is -2.75. The maximum absolute atomic E-state index is 12.6. The van der Waals surface area contributed by atoms with Crippen LogP contribution >= 0.6 is 12.4 Å². The number of carbonyl (C=O) groups excluding carboxylic acids is 1. The van der Waals surface area contributed by atoms with Crippen molar-refractivity contribution in [3.05, 3.63) is 23.8 Å². The quantitative estimate of drug-likeness (QED) is 0.639. The van der Waals surface area contributed by atoms with Gasteiger partial charge in [-0.05, 0) is 31.0 Å². The van der Waals surface area contributed by atoms with Crippen LogP contribution in [0.15, 0.2) is 18.2 Å². The number of rotatable bonds is 9. The number of nitrogens with two attached hydrogens (primary N) is 1. The van der Waals surface area contributed by atoms with Crippen LogP contribution in [0.2, 0.25) is 0 Å². The van der Waals surface area contributed by atoms with Crippen LogP contribution in [0.5, 0.6) is 11.5 Å². The van der Waals surface area contributed by atoms with E-state index >= 15 is 0 Å². The summed E-state index contributed by atoms with van der Waals surface area (Å²) in [7, 11) is 1.38. The zero-order valence-electron chi connectivity index (χ0n) is 16.6. The largest absolute Gasteiger partial charge is 0.493 e. The normalized spacial score (nSPS) is 22.8. The van der Waals surface area contributed by atoms with Crippen molar-refractivity contribution in [1.82, 2.24) is 5.32 Å². The average Bonchev–Trinajstić information content (AvgIpc) is 2.61. The van der Waals surface area contributed by atoms with Gasteiger partial charge >= 0.3 is 6.61 Å². The minimum absolute atomic E-state index is 0. The van der Waals surface area contributed by atoms with Gasteiger partial charge in [-0.2, -0.15) is 8.78 Å². The third-order valence-electron chi connectivity index (χ3n) is 5.38. The Hall–Kier alpha value is -1.64. The van der Waals surface area contributed by atoms with Gasteiger partial charge in [-0.15, -0.1) is 12.4 Å². The van der Waals surface area contributed by atoms with Gasteiger partial charge in [0, 0.05) is 25.0 Å². The van der Waals surface area contributed by atoms with Crippen LogP contribution in [0, 0.1) is 5.41 Å². The smallest absolute Gasteiger partial charge is 0.387 e. The van der Waals surface area contributed by atoms with Crippen molar-refractivity contribution < 1.29 is 27.8 Å². The van der Waals surface area contributed by atoms with E-state index in [0.29, 0.717) is 26.0 Å². The second-order valence-corrected chi connectivity index (χ2v) is 7.21. The van der Waals surface area contributed by atoms with Crippen LogP contribution in [0.4, 0.5) is 8.78 Å². The van der Waals surface area contributed by atoms with Crippen molar-refractivity contribution >= 4 is 18.3 Å². The number of hydrogen-bond donors (Lipinski definition) is 2. The molecule has 9 heteroatoms. The number of benzene rings is 1. The summed E-state index contributed by atoms with van der Waals surface area (Å²) in [5, 5.41) is 2.84. The Morgan fingerprint density at radius 1 is 1.36 bits per heavy atom. The van der Waals surface area contributed by atoms with Gasteiger partial charge in [-0.3, -0.25) is 4.79 Å². The molecule has 28 heavy (non-hydrogen) atoms. The molecule has 2 rings (SSSR count). The first-order chi connectivity index (χ1) is 12.7. The molecule has 0 heterocycles. The fourth-order valence-corrected chi connectivity index (χ4v) is 3.36. The summed E-state index contributed by atoms with van der Waals surface area (Å²) in [6.45, 7) is 3.72. The maximum Gasteiger partial charge on any atom is 0.387 e.